The van der Waals surface area contributed by atoms with Gasteiger partial charge in [-0.05, 0) is 55.5 Å². The van der Waals surface area contributed by atoms with Gasteiger partial charge >= 0.3 is 5.97 Å². The van der Waals surface area contributed by atoms with Crippen LogP contribution in [0.1, 0.15) is 12.0 Å². The summed E-state index contributed by atoms with van der Waals surface area (Å²) in [5.41, 5.74) is 3.30. The molecule has 0 spiro atoms. The molecule has 1 aromatic heterocycles. The van der Waals surface area contributed by atoms with E-state index in [2.05, 4.69) is 15.6 Å². The van der Waals surface area contributed by atoms with E-state index in [-0.39, 0.29) is 29.4 Å². The van der Waals surface area contributed by atoms with E-state index in [1.165, 1.54) is 23.1 Å². The third-order valence-corrected chi connectivity index (χ3v) is 8.51. The maximum Gasteiger partial charge on any atom is 0.307 e. The Labute approximate surface area is 204 Å². The Morgan fingerprint density at radius 3 is 2.47 bits per heavy atom. The molecule has 2 aromatic carbocycles. The Bertz CT molecular complexity index is 1300. The average molecular weight is 494 g/mol. The van der Waals surface area contributed by atoms with E-state index in [1.54, 1.807) is 6.07 Å². The first kappa shape index (κ1) is 22.6. The van der Waals surface area contributed by atoms with E-state index in [9.17, 15) is 19.5 Å². The highest BCUT2D eigenvalue weighted by Crippen LogP contribution is 2.48. The number of anilines is 2. The van der Waals surface area contributed by atoms with Crippen molar-refractivity contribution >= 4 is 62.5 Å². The van der Waals surface area contributed by atoms with Gasteiger partial charge in [-0.1, -0.05) is 41.6 Å². The zero-order chi connectivity index (χ0) is 23.8. The normalized spacial score (nSPS) is 22.7. The number of aromatic nitrogens is 1. The number of nitrogens with one attached hydrogen (secondary N) is 2. The lowest BCUT2D eigenvalue weighted by Crippen LogP contribution is -2.36. The SMILES string of the molecule is Cc1ccc(NC(=O)CSc2nc3ccc(NC(=O)[C@@H]4[C@H](C(=O)O)[C@H]5C=C[C@H]4C5)cc3s2)cc1. The van der Waals surface area contributed by atoms with E-state index < -0.39 is 17.8 Å². The van der Waals surface area contributed by atoms with Crippen LogP contribution in [0.3, 0.4) is 0 Å². The first-order valence-corrected chi connectivity index (χ1v) is 12.8. The highest BCUT2D eigenvalue weighted by atomic mass is 32.2. The number of benzene rings is 2. The maximum atomic E-state index is 12.9. The van der Waals surface area contributed by atoms with Crippen molar-refractivity contribution in [2.45, 2.75) is 17.7 Å². The molecule has 2 aliphatic carbocycles. The molecule has 2 bridgehead atoms. The molecule has 9 heteroatoms. The minimum Gasteiger partial charge on any atom is -0.481 e. The molecule has 4 atom stereocenters. The predicted molar refractivity (Wildman–Crippen MR) is 134 cm³/mol. The van der Waals surface area contributed by atoms with E-state index in [4.69, 9.17) is 0 Å². The Morgan fingerprint density at radius 2 is 1.74 bits per heavy atom. The van der Waals surface area contributed by atoms with Crippen LogP contribution < -0.4 is 10.6 Å². The van der Waals surface area contributed by atoms with E-state index in [0.717, 1.165) is 32.2 Å². The molecule has 3 N–H and O–H groups in total. The average Bonchev–Trinajstić information content (AvgIpc) is 3.53. The highest BCUT2D eigenvalue weighted by Gasteiger charge is 2.51. The summed E-state index contributed by atoms with van der Waals surface area (Å²) >= 11 is 2.82. The number of carbonyl (C=O) groups is 3. The monoisotopic (exact) mass is 493 g/mol. The van der Waals surface area contributed by atoms with Crippen molar-refractivity contribution in [3.63, 3.8) is 0 Å². The number of aliphatic carboxylic acids is 1. The first-order chi connectivity index (χ1) is 16.4. The van der Waals surface area contributed by atoms with Gasteiger partial charge < -0.3 is 15.7 Å². The van der Waals surface area contributed by atoms with Crippen molar-refractivity contribution < 1.29 is 19.5 Å². The predicted octanol–water partition coefficient (Wildman–Crippen LogP) is 4.80. The van der Waals surface area contributed by atoms with Crippen LogP contribution in [0.15, 0.2) is 59.0 Å². The third-order valence-electron chi connectivity index (χ3n) is 6.35. The van der Waals surface area contributed by atoms with Gasteiger partial charge in [0.25, 0.3) is 0 Å². The molecule has 7 nitrogen and oxygen atoms in total. The largest absolute Gasteiger partial charge is 0.481 e. The number of hydrogen-bond donors (Lipinski definition) is 3. The standard InChI is InChI=1S/C25H23N3O4S2/c1-13-2-6-16(7-3-13)26-20(29)12-33-25-28-18-9-8-17(11-19(18)34-25)27-23(30)21-14-4-5-15(10-14)22(21)24(31)32/h2-9,11,14-15,21-22H,10,12H2,1H3,(H,26,29)(H,27,30)(H,31,32)/t14-,15-,21-,22+/m0/s1. The quantitative estimate of drug-likeness (QED) is 0.322. The fraction of sp³-hybridized carbons (Fsp3) is 0.280. The van der Waals surface area contributed by atoms with Gasteiger partial charge in [0.05, 0.1) is 27.8 Å². The number of thiazole rings is 1. The van der Waals surface area contributed by atoms with Crippen LogP contribution in [0.5, 0.6) is 0 Å². The van der Waals surface area contributed by atoms with E-state index >= 15 is 0 Å². The van der Waals surface area contributed by atoms with Gasteiger partial charge in [0, 0.05) is 11.4 Å². The summed E-state index contributed by atoms with van der Waals surface area (Å²) in [6, 6.07) is 13.1. The van der Waals surface area contributed by atoms with Crippen LogP contribution in [0.4, 0.5) is 11.4 Å². The lowest BCUT2D eigenvalue weighted by Gasteiger charge is -2.23. The number of carboxylic acids is 1. The number of hydrogen-bond acceptors (Lipinski definition) is 6. The third kappa shape index (κ3) is 4.58. The molecule has 1 saturated carbocycles. The fourth-order valence-electron chi connectivity index (χ4n) is 4.75. The van der Waals surface area contributed by atoms with Crippen molar-refractivity contribution in [2.24, 2.45) is 23.7 Å². The summed E-state index contributed by atoms with van der Waals surface area (Å²) in [6.45, 7) is 1.99. The highest BCUT2D eigenvalue weighted by molar-refractivity contribution is 8.01. The number of allylic oxidation sites excluding steroid dienone is 2. The second kappa shape index (κ2) is 9.23. The number of amides is 2. The van der Waals surface area contributed by atoms with Crippen molar-refractivity contribution in [1.29, 1.82) is 0 Å². The molecule has 0 saturated heterocycles. The van der Waals surface area contributed by atoms with Crippen LogP contribution in [0, 0.1) is 30.6 Å². The fourth-order valence-corrected chi connectivity index (χ4v) is 6.65. The summed E-state index contributed by atoms with van der Waals surface area (Å²) < 4.78 is 1.66. The number of nitrogens with zero attached hydrogens (tertiary/aromatic N) is 1. The second-order valence-corrected chi connectivity index (χ2v) is 10.9. The van der Waals surface area contributed by atoms with Gasteiger partial charge in [0.1, 0.15) is 0 Å². The zero-order valence-corrected chi connectivity index (χ0v) is 20.0. The number of thioether (sulfide) groups is 1. The minimum absolute atomic E-state index is 0.0210. The van der Waals surface area contributed by atoms with Crippen molar-refractivity contribution in [3.05, 3.63) is 60.2 Å². The van der Waals surface area contributed by atoms with Crippen molar-refractivity contribution in [1.82, 2.24) is 4.98 Å². The Kier molecular flexibility index (Phi) is 6.14. The lowest BCUT2D eigenvalue weighted by atomic mass is 9.82. The number of aryl methyl sites for hydroxylation is 1. The number of carboxylic acid groups (broad SMARTS) is 1. The molecule has 0 unspecified atom stereocenters. The smallest absolute Gasteiger partial charge is 0.307 e. The summed E-state index contributed by atoms with van der Waals surface area (Å²) in [5.74, 6) is -2.34. The Hall–Kier alpha value is -3.17. The van der Waals surface area contributed by atoms with Crippen LogP contribution in [-0.4, -0.2) is 33.6 Å². The molecule has 174 valence electrons. The van der Waals surface area contributed by atoms with Gasteiger partial charge in [-0.2, -0.15) is 0 Å². The van der Waals surface area contributed by atoms with Crippen LogP contribution in [0.25, 0.3) is 10.2 Å². The molecule has 2 aliphatic rings. The number of fused-ring (bicyclic) bond motifs is 3. The maximum absolute atomic E-state index is 12.9. The van der Waals surface area contributed by atoms with Gasteiger partial charge in [-0.15, -0.1) is 11.3 Å². The van der Waals surface area contributed by atoms with Crippen LogP contribution in [0.2, 0.25) is 0 Å². The first-order valence-electron chi connectivity index (χ1n) is 11.0. The number of rotatable bonds is 7. The van der Waals surface area contributed by atoms with Gasteiger partial charge in [-0.3, -0.25) is 14.4 Å². The summed E-state index contributed by atoms with van der Waals surface area (Å²) in [6.07, 6.45) is 4.62. The van der Waals surface area contributed by atoms with Gasteiger partial charge in [0.2, 0.25) is 11.8 Å². The lowest BCUT2D eigenvalue weighted by molar-refractivity contribution is -0.146. The molecule has 1 heterocycles. The summed E-state index contributed by atoms with van der Waals surface area (Å²) in [4.78, 5) is 41.5. The molecule has 1 fully saturated rings. The van der Waals surface area contributed by atoms with Crippen LogP contribution in [-0.2, 0) is 14.4 Å². The molecule has 0 radical (unpaired) electrons. The molecule has 0 aliphatic heterocycles. The second-order valence-electron chi connectivity index (χ2n) is 8.69. The van der Waals surface area contributed by atoms with E-state index in [1.807, 2.05) is 55.5 Å². The minimum atomic E-state index is -0.914. The van der Waals surface area contributed by atoms with E-state index in [0.29, 0.717) is 5.69 Å². The Balaban J connectivity index is 1.22. The zero-order valence-electron chi connectivity index (χ0n) is 18.4. The van der Waals surface area contributed by atoms with Gasteiger partial charge in [0.15, 0.2) is 4.34 Å². The Morgan fingerprint density at radius 1 is 1.03 bits per heavy atom. The summed E-state index contributed by atoms with van der Waals surface area (Å²) in [5, 5.41) is 15.4. The molecule has 5 rings (SSSR count). The topological polar surface area (TPSA) is 108 Å². The molecular weight excluding hydrogens is 470 g/mol. The molecular formula is C25H23N3O4S2. The van der Waals surface area contributed by atoms with Crippen LogP contribution >= 0.6 is 23.1 Å². The van der Waals surface area contributed by atoms with Gasteiger partial charge in [-0.25, -0.2) is 4.98 Å². The molecule has 2 amide bonds. The molecule has 34 heavy (non-hydrogen) atoms. The summed E-state index contributed by atoms with van der Waals surface area (Å²) in [7, 11) is 0. The number of carbonyl (C=O) groups excluding carboxylic acids is 2. The van der Waals surface area contributed by atoms with Crippen molar-refractivity contribution in [3.8, 4) is 0 Å². The molecule has 3 aromatic rings. The van der Waals surface area contributed by atoms with Crippen molar-refractivity contribution in [2.75, 3.05) is 16.4 Å².